The zero-order valence-corrected chi connectivity index (χ0v) is 15.8. The molecule has 3 aromatic heterocycles. The van der Waals surface area contributed by atoms with Crippen LogP contribution in [0.15, 0.2) is 48.8 Å². The molecule has 0 radical (unpaired) electrons. The molecule has 0 aliphatic rings. The third-order valence-electron chi connectivity index (χ3n) is 4.24. The number of benzene rings is 1. The predicted octanol–water partition coefficient (Wildman–Crippen LogP) is 6.12. The third kappa shape index (κ3) is 3.21. The predicted molar refractivity (Wildman–Crippen MR) is 102 cm³/mol. The minimum absolute atomic E-state index is 0.0589. The lowest BCUT2D eigenvalue weighted by atomic mass is 10.1. The first-order valence-electron chi connectivity index (χ1n) is 8.09. The third-order valence-corrected chi connectivity index (χ3v) is 4.98. The fourth-order valence-corrected chi connectivity index (χ4v) is 3.27. The number of pyridine rings is 2. The van der Waals surface area contributed by atoms with Gasteiger partial charge in [-0.3, -0.25) is 4.98 Å². The Morgan fingerprint density at radius 1 is 0.964 bits per heavy atom. The summed E-state index contributed by atoms with van der Waals surface area (Å²) in [6.45, 7) is 1.51. The Bertz CT molecular complexity index is 1190. The largest absolute Gasteiger partial charge is 0.417 e. The summed E-state index contributed by atoms with van der Waals surface area (Å²) < 4.78 is 42.8. The summed E-state index contributed by atoms with van der Waals surface area (Å²) in [5.41, 5.74) is 0.637. The number of hydrogen-bond donors (Lipinski definition) is 0. The zero-order chi connectivity index (χ0) is 20.1. The van der Waals surface area contributed by atoms with Gasteiger partial charge in [-0.25, -0.2) is 9.67 Å². The fourth-order valence-electron chi connectivity index (χ4n) is 2.98. The first-order chi connectivity index (χ1) is 13.3. The van der Waals surface area contributed by atoms with Gasteiger partial charge in [0.15, 0.2) is 5.65 Å². The van der Waals surface area contributed by atoms with E-state index in [4.69, 9.17) is 23.2 Å². The highest BCUT2D eigenvalue weighted by atomic mass is 35.5. The van der Waals surface area contributed by atoms with Crippen molar-refractivity contribution in [3.05, 3.63) is 70.1 Å². The normalized spacial score (nSPS) is 11.9. The molecule has 0 N–H and O–H groups in total. The lowest BCUT2D eigenvalue weighted by molar-refractivity contribution is -0.136. The highest BCUT2D eigenvalue weighted by molar-refractivity contribution is 6.42. The molecule has 28 heavy (non-hydrogen) atoms. The summed E-state index contributed by atoms with van der Waals surface area (Å²) in [4.78, 5) is 8.36. The quantitative estimate of drug-likeness (QED) is 0.390. The molecule has 9 heteroatoms. The summed E-state index contributed by atoms with van der Waals surface area (Å²) in [6, 6.07) is 8.94. The van der Waals surface area contributed by atoms with Crippen molar-refractivity contribution in [2.75, 3.05) is 0 Å². The Hall–Kier alpha value is -2.64. The van der Waals surface area contributed by atoms with Crippen LogP contribution < -0.4 is 0 Å². The van der Waals surface area contributed by atoms with E-state index in [0.29, 0.717) is 16.3 Å². The van der Waals surface area contributed by atoms with Crippen molar-refractivity contribution in [1.82, 2.24) is 19.7 Å². The van der Waals surface area contributed by atoms with Crippen LogP contribution in [-0.2, 0) is 6.18 Å². The minimum atomic E-state index is -4.57. The number of rotatable bonds is 2. The van der Waals surface area contributed by atoms with Crippen molar-refractivity contribution in [1.29, 1.82) is 0 Å². The van der Waals surface area contributed by atoms with E-state index in [2.05, 4.69) is 15.1 Å². The van der Waals surface area contributed by atoms with E-state index < -0.39 is 11.7 Å². The molecular weight excluding hydrogens is 412 g/mol. The minimum Gasteiger partial charge on any atom is -0.265 e. The van der Waals surface area contributed by atoms with Gasteiger partial charge in [-0.05, 0) is 43.3 Å². The van der Waals surface area contributed by atoms with Gasteiger partial charge in [-0.15, -0.1) is 0 Å². The van der Waals surface area contributed by atoms with Crippen LogP contribution in [0.2, 0.25) is 10.0 Å². The van der Waals surface area contributed by atoms with E-state index in [1.54, 1.807) is 24.3 Å². The molecule has 4 aromatic rings. The van der Waals surface area contributed by atoms with Crippen molar-refractivity contribution in [2.45, 2.75) is 13.1 Å². The van der Waals surface area contributed by atoms with Crippen LogP contribution in [0.5, 0.6) is 0 Å². The smallest absolute Gasteiger partial charge is 0.265 e. The van der Waals surface area contributed by atoms with Crippen LogP contribution in [0.3, 0.4) is 0 Å². The van der Waals surface area contributed by atoms with Crippen LogP contribution >= 0.6 is 23.2 Å². The topological polar surface area (TPSA) is 43.6 Å². The molecule has 0 spiro atoms. The lowest BCUT2D eigenvalue weighted by Gasteiger charge is -2.12. The molecule has 1 aromatic carbocycles. The van der Waals surface area contributed by atoms with Gasteiger partial charge in [0.05, 0.1) is 38.1 Å². The monoisotopic (exact) mass is 422 g/mol. The van der Waals surface area contributed by atoms with E-state index in [1.165, 1.54) is 30.1 Å². The lowest BCUT2D eigenvalue weighted by Crippen LogP contribution is -2.08. The van der Waals surface area contributed by atoms with Gasteiger partial charge in [0.25, 0.3) is 0 Å². The second kappa shape index (κ2) is 6.76. The maximum Gasteiger partial charge on any atom is 0.417 e. The maximum atomic E-state index is 13.8. The van der Waals surface area contributed by atoms with Crippen molar-refractivity contribution >= 4 is 34.2 Å². The van der Waals surface area contributed by atoms with E-state index >= 15 is 0 Å². The Morgan fingerprint density at radius 3 is 2.32 bits per heavy atom. The van der Waals surface area contributed by atoms with Gasteiger partial charge in [-0.2, -0.15) is 18.3 Å². The molecule has 0 aliphatic heterocycles. The number of nitrogens with zero attached hydrogens (tertiary/aromatic N) is 4. The first-order valence-corrected chi connectivity index (χ1v) is 8.84. The molecule has 0 aliphatic carbocycles. The van der Waals surface area contributed by atoms with E-state index in [1.807, 2.05) is 0 Å². The maximum absolute atomic E-state index is 13.8. The fraction of sp³-hybridized carbons (Fsp3) is 0.105. The molecular formula is C19H11Cl2F3N4. The van der Waals surface area contributed by atoms with Crippen molar-refractivity contribution in [3.63, 3.8) is 0 Å². The van der Waals surface area contributed by atoms with E-state index in [-0.39, 0.29) is 27.4 Å². The average molecular weight is 423 g/mol. The zero-order valence-electron chi connectivity index (χ0n) is 14.3. The van der Waals surface area contributed by atoms with Crippen LogP contribution in [-0.4, -0.2) is 19.7 Å². The molecule has 142 valence electrons. The first kappa shape index (κ1) is 18.7. The average Bonchev–Trinajstić information content (AvgIpc) is 3.00. The summed E-state index contributed by atoms with van der Waals surface area (Å²) in [6.07, 6.45) is -1.58. The van der Waals surface area contributed by atoms with E-state index in [0.717, 1.165) is 6.07 Å². The van der Waals surface area contributed by atoms with Crippen molar-refractivity contribution in [2.24, 2.45) is 0 Å². The molecule has 3 heterocycles. The molecule has 0 bridgehead atoms. The summed E-state index contributed by atoms with van der Waals surface area (Å²) in [5, 5.41) is 4.82. The van der Waals surface area contributed by atoms with Gasteiger partial charge in [0.1, 0.15) is 0 Å². The van der Waals surface area contributed by atoms with Crippen molar-refractivity contribution < 1.29 is 13.2 Å². The Labute approximate surface area is 167 Å². The van der Waals surface area contributed by atoms with Crippen molar-refractivity contribution in [3.8, 4) is 16.9 Å². The standard InChI is InChI=1S/C19H11Cl2F3N4/c1-10-17-13(19(22,23)24)9-16(11-4-6-25-7-5-11)26-18(17)28(27-10)12-2-3-14(20)15(21)8-12/h2-9H,1H3. The second-order valence-corrected chi connectivity index (χ2v) is 6.90. The van der Waals surface area contributed by atoms with Crippen LogP contribution in [0.25, 0.3) is 28.0 Å². The van der Waals surface area contributed by atoms with E-state index in [9.17, 15) is 13.2 Å². The molecule has 0 amide bonds. The number of aromatic nitrogens is 4. The number of alkyl halides is 3. The molecule has 4 nitrogen and oxygen atoms in total. The summed E-state index contributed by atoms with van der Waals surface area (Å²) >= 11 is 12.0. The number of hydrogen-bond acceptors (Lipinski definition) is 3. The Balaban J connectivity index is 2.07. The Morgan fingerprint density at radius 2 is 1.68 bits per heavy atom. The van der Waals surface area contributed by atoms with Gasteiger partial charge in [0.2, 0.25) is 0 Å². The number of halogens is 5. The summed E-state index contributed by atoms with van der Waals surface area (Å²) in [7, 11) is 0. The van der Waals surface area contributed by atoms with Crippen LogP contribution in [0.4, 0.5) is 13.2 Å². The molecule has 0 fully saturated rings. The molecule has 0 atom stereocenters. The van der Waals surface area contributed by atoms with Crippen LogP contribution in [0.1, 0.15) is 11.3 Å². The highest BCUT2D eigenvalue weighted by Gasteiger charge is 2.35. The molecule has 0 saturated carbocycles. The summed E-state index contributed by atoms with van der Waals surface area (Å²) in [5.74, 6) is 0. The van der Waals surface area contributed by atoms with Crippen LogP contribution in [0, 0.1) is 6.92 Å². The van der Waals surface area contributed by atoms with Gasteiger partial charge < -0.3 is 0 Å². The Kier molecular flexibility index (Phi) is 4.51. The number of aryl methyl sites for hydroxylation is 1. The van der Waals surface area contributed by atoms with Gasteiger partial charge >= 0.3 is 6.18 Å². The molecule has 0 unspecified atom stereocenters. The number of fused-ring (bicyclic) bond motifs is 1. The second-order valence-electron chi connectivity index (χ2n) is 6.08. The van der Waals surface area contributed by atoms with Gasteiger partial charge in [0, 0.05) is 18.0 Å². The molecule has 0 saturated heterocycles. The highest BCUT2D eigenvalue weighted by Crippen LogP contribution is 2.39. The SMILES string of the molecule is Cc1nn(-c2ccc(Cl)c(Cl)c2)c2nc(-c3ccncc3)cc(C(F)(F)F)c12. The van der Waals surface area contributed by atoms with Gasteiger partial charge in [-0.1, -0.05) is 23.2 Å². The molecule has 4 rings (SSSR count).